The first-order valence-corrected chi connectivity index (χ1v) is 6.10. The summed E-state index contributed by atoms with van der Waals surface area (Å²) in [5, 5.41) is 0. The lowest BCUT2D eigenvalue weighted by Gasteiger charge is -2.31. The number of carbonyl (C=O) groups excluding carboxylic acids is 1. The topological polar surface area (TPSA) is 29.5 Å². The highest BCUT2D eigenvalue weighted by molar-refractivity contribution is 5.95. The van der Waals surface area contributed by atoms with Gasteiger partial charge in [0, 0.05) is 31.9 Å². The molecule has 0 radical (unpaired) electrons. The highest BCUT2D eigenvalue weighted by Crippen LogP contribution is 2.17. The number of benzene rings is 1. The van der Waals surface area contributed by atoms with Gasteiger partial charge in [-0.15, -0.1) is 0 Å². The lowest BCUT2D eigenvalue weighted by Crippen LogP contribution is -2.40. The fourth-order valence-electron chi connectivity index (χ4n) is 2.24. The molecule has 92 valence electrons. The molecule has 3 nitrogen and oxygen atoms in total. The zero-order valence-corrected chi connectivity index (χ0v) is 10.5. The minimum atomic E-state index is 0.120. The zero-order valence-electron chi connectivity index (χ0n) is 10.5. The number of amides is 1. The third-order valence-corrected chi connectivity index (χ3v) is 3.43. The molecule has 0 aliphatic carbocycles. The Morgan fingerprint density at radius 2 is 1.94 bits per heavy atom. The van der Waals surface area contributed by atoms with Gasteiger partial charge < -0.3 is 9.64 Å². The molecule has 17 heavy (non-hydrogen) atoms. The quantitative estimate of drug-likeness (QED) is 0.784. The van der Waals surface area contributed by atoms with Crippen molar-refractivity contribution in [3.8, 4) is 0 Å². The van der Waals surface area contributed by atoms with E-state index in [1.54, 1.807) is 0 Å². The molecule has 0 unspecified atom stereocenters. The van der Waals surface area contributed by atoms with Gasteiger partial charge in [-0.25, -0.2) is 0 Å². The van der Waals surface area contributed by atoms with Crippen LogP contribution in [-0.4, -0.2) is 37.1 Å². The minimum Gasteiger partial charge on any atom is -0.381 e. The molecule has 1 amide bonds. The fourth-order valence-corrected chi connectivity index (χ4v) is 2.24. The summed E-state index contributed by atoms with van der Waals surface area (Å²) in [6, 6.07) is 8.06. The van der Waals surface area contributed by atoms with Crippen LogP contribution in [0, 0.1) is 6.92 Å². The van der Waals surface area contributed by atoms with Crippen LogP contribution in [0.3, 0.4) is 0 Å². The van der Waals surface area contributed by atoms with Crippen molar-refractivity contribution < 1.29 is 9.53 Å². The van der Waals surface area contributed by atoms with Crippen molar-refractivity contribution in [2.24, 2.45) is 0 Å². The van der Waals surface area contributed by atoms with Gasteiger partial charge in [0.15, 0.2) is 0 Å². The first-order chi connectivity index (χ1) is 8.20. The van der Waals surface area contributed by atoms with Gasteiger partial charge in [0.05, 0.1) is 0 Å². The van der Waals surface area contributed by atoms with Gasteiger partial charge in [0.2, 0.25) is 0 Å². The maximum Gasteiger partial charge on any atom is 0.254 e. The summed E-state index contributed by atoms with van der Waals surface area (Å²) in [5.74, 6) is 0.120. The average molecular weight is 233 g/mol. The van der Waals surface area contributed by atoms with Crippen molar-refractivity contribution in [2.45, 2.75) is 25.8 Å². The van der Waals surface area contributed by atoms with E-state index in [-0.39, 0.29) is 5.91 Å². The number of hydrogen-bond donors (Lipinski definition) is 0. The maximum atomic E-state index is 12.3. The third kappa shape index (κ3) is 2.67. The first-order valence-electron chi connectivity index (χ1n) is 6.10. The van der Waals surface area contributed by atoms with E-state index in [1.165, 1.54) is 0 Å². The molecule has 1 aliphatic heterocycles. The molecule has 3 heteroatoms. The van der Waals surface area contributed by atoms with Gasteiger partial charge in [0.1, 0.15) is 0 Å². The average Bonchev–Trinajstić information content (AvgIpc) is 2.39. The van der Waals surface area contributed by atoms with Crippen LogP contribution >= 0.6 is 0 Å². The molecule has 1 heterocycles. The Morgan fingerprint density at radius 3 is 2.59 bits per heavy atom. The summed E-state index contributed by atoms with van der Waals surface area (Å²) in [7, 11) is 1.89. The number of nitrogens with zero attached hydrogens (tertiary/aromatic N) is 1. The highest BCUT2D eigenvalue weighted by atomic mass is 16.5. The van der Waals surface area contributed by atoms with Gasteiger partial charge in [-0.2, -0.15) is 0 Å². The number of aryl methyl sites for hydroxylation is 1. The van der Waals surface area contributed by atoms with Crippen LogP contribution < -0.4 is 0 Å². The molecule has 0 spiro atoms. The Kier molecular flexibility index (Phi) is 3.79. The normalized spacial score (nSPS) is 16.8. The van der Waals surface area contributed by atoms with Crippen molar-refractivity contribution in [1.29, 1.82) is 0 Å². The molecule has 2 rings (SSSR count). The predicted molar refractivity (Wildman–Crippen MR) is 67.1 cm³/mol. The summed E-state index contributed by atoms with van der Waals surface area (Å²) >= 11 is 0. The van der Waals surface area contributed by atoms with E-state index in [2.05, 4.69) is 0 Å². The minimum absolute atomic E-state index is 0.120. The smallest absolute Gasteiger partial charge is 0.254 e. The number of carbonyl (C=O) groups is 1. The largest absolute Gasteiger partial charge is 0.381 e. The van der Waals surface area contributed by atoms with Gasteiger partial charge in [0.25, 0.3) is 5.91 Å². The fraction of sp³-hybridized carbons (Fsp3) is 0.500. The van der Waals surface area contributed by atoms with Gasteiger partial charge in [-0.1, -0.05) is 18.2 Å². The van der Waals surface area contributed by atoms with E-state index >= 15 is 0 Å². The number of rotatable bonds is 2. The first kappa shape index (κ1) is 12.1. The van der Waals surface area contributed by atoms with Gasteiger partial charge >= 0.3 is 0 Å². The lowest BCUT2D eigenvalue weighted by molar-refractivity contribution is 0.0361. The number of hydrogen-bond acceptors (Lipinski definition) is 2. The molecule has 1 fully saturated rings. The van der Waals surface area contributed by atoms with Crippen LogP contribution in [0.1, 0.15) is 28.8 Å². The van der Waals surface area contributed by atoms with Crippen LogP contribution in [0.15, 0.2) is 24.3 Å². The van der Waals surface area contributed by atoms with Crippen molar-refractivity contribution in [3.05, 3.63) is 35.4 Å². The molecule has 0 atom stereocenters. The summed E-state index contributed by atoms with van der Waals surface area (Å²) in [6.07, 6.45) is 1.88. The van der Waals surface area contributed by atoms with Crippen LogP contribution in [0.5, 0.6) is 0 Å². The summed E-state index contributed by atoms with van der Waals surface area (Å²) in [4.78, 5) is 14.2. The van der Waals surface area contributed by atoms with E-state index in [9.17, 15) is 4.79 Å². The van der Waals surface area contributed by atoms with Crippen molar-refractivity contribution in [1.82, 2.24) is 4.90 Å². The lowest BCUT2D eigenvalue weighted by atomic mass is 10.0. The Bertz CT molecular complexity index is 397. The van der Waals surface area contributed by atoms with Crippen LogP contribution in [0.4, 0.5) is 0 Å². The summed E-state index contributed by atoms with van der Waals surface area (Å²) in [5.41, 5.74) is 1.85. The SMILES string of the molecule is Cc1ccccc1C(=O)N(C)C1CCOCC1. The van der Waals surface area contributed by atoms with Gasteiger partial charge in [-0.3, -0.25) is 4.79 Å². The molecule has 0 aromatic heterocycles. The summed E-state index contributed by atoms with van der Waals surface area (Å²) in [6.45, 7) is 3.50. The van der Waals surface area contributed by atoms with Crippen LogP contribution in [-0.2, 0) is 4.74 Å². The Balaban J connectivity index is 2.11. The standard InChI is InChI=1S/C14H19NO2/c1-11-5-3-4-6-13(11)14(16)15(2)12-7-9-17-10-8-12/h3-6,12H,7-10H2,1-2H3. The number of ether oxygens (including phenoxy) is 1. The summed E-state index contributed by atoms with van der Waals surface area (Å²) < 4.78 is 5.32. The molecular formula is C14H19NO2. The molecule has 0 bridgehead atoms. The molecule has 1 saturated heterocycles. The van der Waals surface area contributed by atoms with Crippen LogP contribution in [0.25, 0.3) is 0 Å². The molecule has 1 aliphatic rings. The second kappa shape index (κ2) is 5.32. The van der Waals surface area contributed by atoms with E-state index in [1.807, 2.05) is 43.1 Å². The zero-order chi connectivity index (χ0) is 12.3. The molecule has 1 aromatic rings. The molecule has 1 aromatic carbocycles. The Labute approximate surface area is 102 Å². The highest BCUT2D eigenvalue weighted by Gasteiger charge is 2.23. The Morgan fingerprint density at radius 1 is 1.29 bits per heavy atom. The molecule has 0 N–H and O–H groups in total. The van der Waals surface area contributed by atoms with Crippen molar-refractivity contribution in [2.75, 3.05) is 20.3 Å². The van der Waals surface area contributed by atoms with E-state index in [4.69, 9.17) is 4.74 Å². The van der Waals surface area contributed by atoms with Crippen molar-refractivity contribution >= 4 is 5.91 Å². The second-order valence-corrected chi connectivity index (χ2v) is 4.57. The third-order valence-electron chi connectivity index (χ3n) is 3.43. The molecular weight excluding hydrogens is 214 g/mol. The van der Waals surface area contributed by atoms with E-state index in [0.717, 1.165) is 37.2 Å². The van der Waals surface area contributed by atoms with E-state index < -0.39 is 0 Å². The Hall–Kier alpha value is -1.35. The predicted octanol–water partition coefficient (Wildman–Crippen LogP) is 2.25. The van der Waals surface area contributed by atoms with Crippen molar-refractivity contribution in [3.63, 3.8) is 0 Å². The molecule has 0 saturated carbocycles. The maximum absolute atomic E-state index is 12.3. The van der Waals surface area contributed by atoms with Gasteiger partial charge in [-0.05, 0) is 31.4 Å². The second-order valence-electron chi connectivity index (χ2n) is 4.57. The van der Waals surface area contributed by atoms with Crippen LogP contribution in [0.2, 0.25) is 0 Å². The van der Waals surface area contributed by atoms with E-state index in [0.29, 0.717) is 6.04 Å². The monoisotopic (exact) mass is 233 g/mol.